The van der Waals surface area contributed by atoms with E-state index >= 15 is 0 Å². The second kappa shape index (κ2) is 8.84. The molecule has 0 radical (unpaired) electrons. The molecule has 0 aliphatic rings. The van der Waals surface area contributed by atoms with Gasteiger partial charge in [0.05, 0.1) is 19.2 Å². The number of hydrogen-bond donors (Lipinski definition) is 1. The molecule has 4 heteroatoms. The Labute approximate surface area is 114 Å². The zero-order valence-corrected chi connectivity index (χ0v) is 11.8. The van der Waals surface area contributed by atoms with Crippen LogP contribution in [0.4, 0.5) is 0 Å². The molecule has 1 rings (SSSR count). The second-order valence-corrected chi connectivity index (χ2v) is 5.12. The van der Waals surface area contributed by atoms with Crippen molar-refractivity contribution in [2.45, 2.75) is 30.7 Å². The maximum Gasteiger partial charge on any atom is 0.119 e. The van der Waals surface area contributed by atoms with Crippen molar-refractivity contribution >= 4 is 11.8 Å². The van der Waals surface area contributed by atoms with Gasteiger partial charge in [-0.05, 0) is 37.6 Å². The van der Waals surface area contributed by atoms with E-state index < -0.39 is 0 Å². The Morgan fingerprint density at radius 1 is 1.50 bits per heavy atom. The Hall–Kier alpha value is -1.18. The molecule has 1 N–H and O–H groups in total. The first-order chi connectivity index (χ1) is 8.80. The minimum Gasteiger partial charge on any atom is -0.497 e. The number of hydrogen-bond acceptors (Lipinski definition) is 4. The van der Waals surface area contributed by atoms with Crippen molar-refractivity contribution in [3.63, 3.8) is 0 Å². The molecule has 0 spiro atoms. The molecule has 1 atom stereocenters. The van der Waals surface area contributed by atoms with Crippen molar-refractivity contribution in [1.29, 1.82) is 5.26 Å². The van der Waals surface area contributed by atoms with Crippen LogP contribution in [-0.2, 0) is 0 Å². The molecule has 0 saturated carbocycles. The zero-order chi connectivity index (χ0) is 13.2. The number of rotatable bonds is 8. The maximum atomic E-state index is 8.99. The average Bonchev–Trinajstić information content (AvgIpc) is 2.43. The Balaban J connectivity index is 2.33. The number of nitriles is 1. The topological polar surface area (TPSA) is 45.0 Å². The lowest BCUT2D eigenvalue weighted by atomic mass is 10.2. The van der Waals surface area contributed by atoms with E-state index in [0.29, 0.717) is 0 Å². The molecular weight excluding hydrogens is 244 g/mol. The number of nitrogens with zero attached hydrogens (tertiary/aromatic N) is 1. The molecule has 0 aliphatic carbocycles. The summed E-state index contributed by atoms with van der Waals surface area (Å²) in [5, 5.41) is 12.2. The predicted octanol–water partition coefficient (Wildman–Crippen LogP) is 3.07. The van der Waals surface area contributed by atoms with Gasteiger partial charge in [-0.3, -0.25) is 0 Å². The second-order valence-electron chi connectivity index (χ2n) is 3.95. The summed E-state index contributed by atoms with van der Waals surface area (Å²) in [5.74, 6) is 1.81. The summed E-state index contributed by atoms with van der Waals surface area (Å²) in [6.07, 6.45) is 1.92. The van der Waals surface area contributed by atoms with Crippen molar-refractivity contribution < 1.29 is 4.74 Å². The Morgan fingerprint density at radius 2 is 2.33 bits per heavy atom. The van der Waals surface area contributed by atoms with E-state index in [0.717, 1.165) is 30.9 Å². The third-order valence-corrected chi connectivity index (χ3v) is 3.54. The van der Waals surface area contributed by atoms with E-state index in [1.165, 1.54) is 4.90 Å². The highest BCUT2D eigenvalue weighted by atomic mass is 32.2. The molecule has 1 unspecified atom stereocenters. The highest BCUT2D eigenvalue weighted by Crippen LogP contribution is 2.23. The molecule has 0 amide bonds. The van der Waals surface area contributed by atoms with Crippen LogP contribution in [0, 0.1) is 11.3 Å². The van der Waals surface area contributed by atoms with E-state index in [9.17, 15) is 0 Å². The third-order valence-electron chi connectivity index (χ3n) is 2.51. The summed E-state index contributed by atoms with van der Waals surface area (Å²) in [7, 11) is 1.67. The highest BCUT2D eigenvalue weighted by Gasteiger charge is 2.05. The molecule has 1 aromatic carbocycles. The van der Waals surface area contributed by atoms with Gasteiger partial charge in [-0.25, -0.2) is 0 Å². The molecule has 0 bridgehead atoms. The number of methoxy groups -OCH3 is 1. The fraction of sp³-hybridized carbons (Fsp3) is 0.500. The van der Waals surface area contributed by atoms with Gasteiger partial charge in [-0.1, -0.05) is 13.0 Å². The van der Waals surface area contributed by atoms with E-state index in [-0.39, 0.29) is 6.04 Å². The first-order valence-corrected chi connectivity index (χ1v) is 7.18. The molecule has 0 aromatic heterocycles. The van der Waals surface area contributed by atoms with Gasteiger partial charge in [0.25, 0.3) is 0 Å². The Morgan fingerprint density at radius 3 is 3.00 bits per heavy atom. The standard InChI is InChI=1S/C14H20N2OS/c1-3-8-16-12(11-15)7-9-18-14-6-4-5-13(10-14)17-2/h4-6,10,12,16H,3,7-9H2,1-2H3. The number of thioether (sulfide) groups is 1. The first-order valence-electron chi connectivity index (χ1n) is 6.20. The van der Waals surface area contributed by atoms with Gasteiger partial charge < -0.3 is 10.1 Å². The van der Waals surface area contributed by atoms with Gasteiger partial charge >= 0.3 is 0 Å². The molecule has 0 aliphatic heterocycles. The van der Waals surface area contributed by atoms with Crippen LogP contribution in [0.1, 0.15) is 19.8 Å². The van der Waals surface area contributed by atoms with Crippen LogP contribution in [0.2, 0.25) is 0 Å². The van der Waals surface area contributed by atoms with E-state index in [1.807, 2.05) is 18.2 Å². The van der Waals surface area contributed by atoms with Crippen LogP contribution in [0.3, 0.4) is 0 Å². The summed E-state index contributed by atoms with van der Waals surface area (Å²) in [6, 6.07) is 10.3. The lowest BCUT2D eigenvalue weighted by molar-refractivity contribution is 0.413. The normalized spacial score (nSPS) is 11.8. The summed E-state index contributed by atoms with van der Waals surface area (Å²) in [5.41, 5.74) is 0. The van der Waals surface area contributed by atoms with Gasteiger partial charge in [0.1, 0.15) is 5.75 Å². The van der Waals surface area contributed by atoms with E-state index in [1.54, 1.807) is 18.9 Å². The van der Waals surface area contributed by atoms with Gasteiger partial charge in [-0.2, -0.15) is 5.26 Å². The van der Waals surface area contributed by atoms with Crippen LogP contribution in [0.15, 0.2) is 29.2 Å². The number of nitrogens with one attached hydrogen (secondary N) is 1. The molecule has 98 valence electrons. The molecule has 1 aromatic rings. The molecule has 0 fully saturated rings. The van der Waals surface area contributed by atoms with Gasteiger partial charge in [-0.15, -0.1) is 11.8 Å². The highest BCUT2D eigenvalue weighted by molar-refractivity contribution is 7.99. The zero-order valence-electron chi connectivity index (χ0n) is 11.0. The SMILES string of the molecule is CCCNC(C#N)CCSc1cccc(OC)c1. The molecule has 18 heavy (non-hydrogen) atoms. The van der Waals surface area contributed by atoms with Gasteiger partial charge in [0, 0.05) is 10.6 Å². The Kier molecular flexibility index (Phi) is 7.31. The molecular formula is C14H20N2OS. The fourth-order valence-corrected chi connectivity index (χ4v) is 2.48. The Bertz CT molecular complexity index is 390. The van der Waals surface area contributed by atoms with Crippen LogP contribution >= 0.6 is 11.8 Å². The summed E-state index contributed by atoms with van der Waals surface area (Å²) in [4.78, 5) is 1.18. The van der Waals surface area contributed by atoms with Crippen molar-refractivity contribution in [2.75, 3.05) is 19.4 Å². The van der Waals surface area contributed by atoms with Crippen molar-refractivity contribution in [3.05, 3.63) is 24.3 Å². The fourth-order valence-electron chi connectivity index (χ4n) is 1.52. The van der Waals surface area contributed by atoms with Gasteiger partial charge in [0.2, 0.25) is 0 Å². The van der Waals surface area contributed by atoms with Crippen LogP contribution in [0.5, 0.6) is 5.75 Å². The number of ether oxygens (including phenoxy) is 1. The van der Waals surface area contributed by atoms with E-state index in [4.69, 9.17) is 10.00 Å². The summed E-state index contributed by atoms with van der Waals surface area (Å²) < 4.78 is 5.18. The maximum absolute atomic E-state index is 8.99. The van der Waals surface area contributed by atoms with Crippen molar-refractivity contribution in [3.8, 4) is 11.8 Å². The molecule has 0 heterocycles. The first kappa shape index (κ1) is 14.9. The van der Waals surface area contributed by atoms with Gasteiger partial charge in [0.15, 0.2) is 0 Å². The quantitative estimate of drug-likeness (QED) is 0.733. The van der Waals surface area contributed by atoms with Crippen LogP contribution in [0.25, 0.3) is 0 Å². The molecule has 3 nitrogen and oxygen atoms in total. The van der Waals surface area contributed by atoms with Crippen LogP contribution in [-0.4, -0.2) is 25.4 Å². The monoisotopic (exact) mass is 264 g/mol. The minimum atomic E-state index is -0.0388. The summed E-state index contributed by atoms with van der Waals surface area (Å²) in [6.45, 7) is 3.01. The van der Waals surface area contributed by atoms with Crippen molar-refractivity contribution in [1.82, 2.24) is 5.32 Å². The van der Waals surface area contributed by atoms with Crippen LogP contribution < -0.4 is 10.1 Å². The molecule has 0 saturated heterocycles. The number of benzene rings is 1. The van der Waals surface area contributed by atoms with Crippen molar-refractivity contribution in [2.24, 2.45) is 0 Å². The largest absolute Gasteiger partial charge is 0.497 e. The summed E-state index contributed by atoms with van der Waals surface area (Å²) >= 11 is 1.76. The van der Waals surface area contributed by atoms with E-state index in [2.05, 4.69) is 24.4 Å². The lowest BCUT2D eigenvalue weighted by Crippen LogP contribution is -2.28. The predicted molar refractivity (Wildman–Crippen MR) is 76.0 cm³/mol. The smallest absolute Gasteiger partial charge is 0.119 e. The lowest BCUT2D eigenvalue weighted by Gasteiger charge is -2.10. The average molecular weight is 264 g/mol. The minimum absolute atomic E-state index is 0.0388. The third kappa shape index (κ3) is 5.44.